The van der Waals surface area contributed by atoms with Gasteiger partial charge in [0.25, 0.3) is 0 Å². The molecule has 0 atom stereocenters. The first-order valence-electron chi connectivity index (χ1n) is 5.05. The van der Waals surface area contributed by atoms with Gasteiger partial charge in [-0.1, -0.05) is 28.9 Å². The zero-order valence-electron chi connectivity index (χ0n) is 9.22. The van der Waals surface area contributed by atoms with Gasteiger partial charge in [0.1, 0.15) is 5.82 Å². The van der Waals surface area contributed by atoms with E-state index in [2.05, 4.69) is 10.3 Å². The number of rotatable bonds is 3. The predicted molar refractivity (Wildman–Crippen MR) is 65.2 cm³/mol. The minimum Gasteiger partial charge on any atom is -0.409 e. The standard InChI is InChI=1S/C11H10ClFN4O/c12-8-4-15-17(6-8)5-7-2-1-3-9(10(7)13)11(14)16-18/h1-4,6,18H,5H2,(H2,14,16). The number of benzene rings is 1. The molecule has 18 heavy (non-hydrogen) atoms. The molecule has 3 N–H and O–H groups in total. The van der Waals surface area contributed by atoms with Gasteiger partial charge in [-0.05, 0) is 6.07 Å². The third-order valence-corrected chi connectivity index (χ3v) is 2.59. The normalized spacial score (nSPS) is 11.8. The van der Waals surface area contributed by atoms with Crippen LogP contribution in [0.25, 0.3) is 0 Å². The number of nitrogens with zero attached hydrogens (tertiary/aromatic N) is 3. The summed E-state index contributed by atoms with van der Waals surface area (Å²) in [6.07, 6.45) is 3.05. The molecule has 0 aliphatic carbocycles. The molecule has 0 amide bonds. The van der Waals surface area contributed by atoms with Crippen molar-refractivity contribution >= 4 is 17.4 Å². The Morgan fingerprint density at radius 2 is 2.33 bits per heavy atom. The molecule has 0 saturated heterocycles. The first-order chi connectivity index (χ1) is 8.61. The Balaban J connectivity index is 2.34. The molecule has 94 valence electrons. The van der Waals surface area contributed by atoms with Crippen molar-refractivity contribution < 1.29 is 9.60 Å². The Labute approximate surface area is 107 Å². The fourth-order valence-electron chi connectivity index (χ4n) is 1.55. The quantitative estimate of drug-likeness (QED) is 0.386. The van der Waals surface area contributed by atoms with E-state index >= 15 is 0 Å². The summed E-state index contributed by atoms with van der Waals surface area (Å²) in [6.45, 7) is 0.213. The number of nitrogens with two attached hydrogens (primary N) is 1. The highest BCUT2D eigenvalue weighted by Crippen LogP contribution is 2.15. The van der Waals surface area contributed by atoms with E-state index in [1.807, 2.05) is 0 Å². The largest absolute Gasteiger partial charge is 0.409 e. The molecule has 0 fully saturated rings. The van der Waals surface area contributed by atoms with Crippen LogP contribution in [-0.2, 0) is 6.54 Å². The molecular formula is C11H10ClFN4O. The van der Waals surface area contributed by atoms with Gasteiger partial charge in [-0.3, -0.25) is 4.68 Å². The van der Waals surface area contributed by atoms with Gasteiger partial charge in [0.05, 0.1) is 23.3 Å². The highest BCUT2D eigenvalue weighted by Gasteiger charge is 2.12. The maximum absolute atomic E-state index is 14.1. The van der Waals surface area contributed by atoms with Crippen molar-refractivity contribution in [2.24, 2.45) is 10.9 Å². The molecule has 0 aliphatic heterocycles. The van der Waals surface area contributed by atoms with E-state index in [1.54, 1.807) is 18.3 Å². The van der Waals surface area contributed by atoms with Gasteiger partial charge in [0.2, 0.25) is 0 Å². The first kappa shape index (κ1) is 12.4. The first-order valence-corrected chi connectivity index (χ1v) is 5.43. The van der Waals surface area contributed by atoms with Gasteiger partial charge < -0.3 is 10.9 Å². The zero-order valence-corrected chi connectivity index (χ0v) is 9.97. The summed E-state index contributed by atoms with van der Waals surface area (Å²) in [4.78, 5) is 0. The summed E-state index contributed by atoms with van der Waals surface area (Å²) in [5.41, 5.74) is 5.80. The summed E-state index contributed by atoms with van der Waals surface area (Å²) < 4.78 is 15.6. The maximum Gasteiger partial charge on any atom is 0.173 e. The number of aromatic nitrogens is 2. The molecule has 0 aliphatic rings. The highest BCUT2D eigenvalue weighted by atomic mass is 35.5. The van der Waals surface area contributed by atoms with Crippen LogP contribution >= 0.6 is 11.6 Å². The average Bonchev–Trinajstić information content (AvgIpc) is 2.76. The van der Waals surface area contributed by atoms with Crippen molar-refractivity contribution in [2.45, 2.75) is 6.54 Å². The van der Waals surface area contributed by atoms with Crippen molar-refractivity contribution in [1.29, 1.82) is 0 Å². The van der Waals surface area contributed by atoms with Crippen molar-refractivity contribution in [2.75, 3.05) is 0 Å². The third kappa shape index (κ3) is 2.43. The molecule has 1 aromatic heterocycles. The van der Waals surface area contributed by atoms with Crippen LogP contribution in [0.5, 0.6) is 0 Å². The Morgan fingerprint density at radius 1 is 1.56 bits per heavy atom. The second kappa shape index (κ2) is 5.05. The molecule has 7 heteroatoms. The highest BCUT2D eigenvalue weighted by molar-refractivity contribution is 6.30. The van der Waals surface area contributed by atoms with Crippen molar-refractivity contribution in [3.05, 3.63) is 52.6 Å². The monoisotopic (exact) mass is 268 g/mol. The lowest BCUT2D eigenvalue weighted by atomic mass is 10.1. The molecule has 2 rings (SSSR count). The Kier molecular flexibility index (Phi) is 3.47. The molecule has 1 heterocycles. The van der Waals surface area contributed by atoms with Gasteiger partial charge in [-0.15, -0.1) is 0 Å². The molecule has 0 unspecified atom stereocenters. The van der Waals surface area contributed by atoms with Crippen LogP contribution in [0.15, 0.2) is 35.7 Å². The second-order valence-electron chi connectivity index (χ2n) is 3.62. The van der Waals surface area contributed by atoms with Crippen molar-refractivity contribution in [1.82, 2.24) is 9.78 Å². The summed E-state index contributed by atoms with van der Waals surface area (Å²) >= 11 is 5.72. The molecule has 2 aromatic rings. The van der Waals surface area contributed by atoms with E-state index in [9.17, 15) is 4.39 Å². The van der Waals surface area contributed by atoms with Gasteiger partial charge in [0.15, 0.2) is 5.84 Å². The van der Waals surface area contributed by atoms with Gasteiger partial charge in [-0.25, -0.2) is 4.39 Å². The lowest BCUT2D eigenvalue weighted by Gasteiger charge is -2.07. The van der Waals surface area contributed by atoms with Gasteiger partial charge >= 0.3 is 0 Å². The number of hydrogen-bond acceptors (Lipinski definition) is 3. The molecule has 0 spiro atoms. The number of oxime groups is 1. The Morgan fingerprint density at radius 3 is 2.94 bits per heavy atom. The number of hydrogen-bond donors (Lipinski definition) is 2. The fourth-order valence-corrected chi connectivity index (χ4v) is 1.71. The molecular weight excluding hydrogens is 259 g/mol. The fraction of sp³-hybridized carbons (Fsp3) is 0.0909. The summed E-state index contributed by atoms with van der Waals surface area (Å²) in [5.74, 6) is -0.813. The molecule has 1 aromatic carbocycles. The van der Waals surface area contributed by atoms with Crippen LogP contribution in [0, 0.1) is 5.82 Å². The van der Waals surface area contributed by atoms with Gasteiger partial charge in [0, 0.05) is 11.8 Å². The summed E-state index contributed by atoms with van der Waals surface area (Å²) in [7, 11) is 0. The SMILES string of the molecule is N/C(=N/O)c1cccc(Cn2cc(Cl)cn2)c1F. The van der Waals surface area contributed by atoms with E-state index in [4.69, 9.17) is 22.5 Å². The van der Waals surface area contributed by atoms with E-state index in [0.717, 1.165) is 0 Å². The van der Waals surface area contributed by atoms with Crippen LogP contribution < -0.4 is 5.73 Å². The van der Waals surface area contributed by atoms with Crippen molar-refractivity contribution in [3.8, 4) is 0 Å². The van der Waals surface area contributed by atoms with Crippen LogP contribution in [0.3, 0.4) is 0 Å². The second-order valence-corrected chi connectivity index (χ2v) is 4.06. The molecule has 0 saturated carbocycles. The minimum absolute atomic E-state index is 0.0493. The summed E-state index contributed by atoms with van der Waals surface area (Å²) in [6, 6.07) is 4.65. The summed E-state index contributed by atoms with van der Waals surface area (Å²) in [5, 5.41) is 15.8. The van der Waals surface area contributed by atoms with E-state index in [1.165, 1.54) is 16.9 Å². The van der Waals surface area contributed by atoms with Gasteiger partial charge in [-0.2, -0.15) is 5.10 Å². The van der Waals surface area contributed by atoms with Crippen LogP contribution in [-0.4, -0.2) is 20.8 Å². The minimum atomic E-state index is -0.542. The predicted octanol–water partition coefficient (Wildman–Crippen LogP) is 1.82. The Hall–Kier alpha value is -2.08. The van der Waals surface area contributed by atoms with Crippen molar-refractivity contribution in [3.63, 3.8) is 0 Å². The van der Waals surface area contributed by atoms with Crippen LogP contribution in [0.1, 0.15) is 11.1 Å². The number of amidine groups is 1. The van der Waals surface area contributed by atoms with Crippen LogP contribution in [0.2, 0.25) is 5.02 Å². The molecule has 0 radical (unpaired) electrons. The molecule has 0 bridgehead atoms. The van der Waals surface area contributed by atoms with E-state index in [0.29, 0.717) is 10.6 Å². The smallest absolute Gasteiger partial charge is 0.173 e. The third-order valence-electron chi connectivity index (χ3n) is 2.40. The van der Waals surface area contributed by atoms with E-state index in [-0.39, 0.29) is 17.9 Å². The lowest BCUT2D eigenvalue weighted by Crippen LogP contribution is -2.16. The number of halogens is 2. The average molecular weight is 269 g/mol. The van der Waals surface area contributed by atoms with Crippen LogP contribution in [0.4, 0.5) is 4.39 Å². The zero-order chi connectivity index (χ0) is 13.1. The Bertz CT molecular complexity index is 596. The topological polar surface area (TPSA) is 76.4 Å². The molecule has 5 nitrogen and oxygen atoms in total. The van der Waals surface area contributed by atoms with E-state index < -0.39 is 5.82 Å². The lowest BCUT2D eigenvalue weighted by molar-refractivity contribution is 0.318. The maximum atomic E-state index is 14.1.